The van der Waals surface area contributed by atoms with Crippen molar-refractivity contribution in [1.82, 2.24) is 0 Å². The maximum absolute atomic E-state index is 12.3. The first-order chi connectivity index (χ1) is 4.61. The molecule has 0 heterocycles. The molecule has 0 spiro atoms. The standard InChI is InChI=1S/C6H5F2NS.K/c7-3-1-5(9)6(10)2-4(3)8;/h1-2,10H,9H2;. The van der Waals surface area contributed by atoms with Crippen LogP contribution in [-0.2, 0) is 0 Å². The fourth-order valence-electron chi connectivity index (χ4n) is 0.552. The fraction of sp³-hybridized carbons (Fsp3) is 0. The largest absolute Gasteiger partial charge is 0.398 e. The summed E-state index contributed by atoms with van der Waals surface area (Å²) in [6.07, 6.45) is 0. The van der Waals surface area contributed by atoms with Crippen LogP contribution < -0.4 is 5.73 Å². The van der Waals surface area contributed by atoms with Gasteiger partial charge in [0.2, 0.25) is 0 Å². The molecule has 5 heteroatoms. The number of rotatable bonds is 0. The van der Waals surface area contributed by atoms with Gasteiger partial charge in [0.1, 0.15) is 0 Å². The van der Waals surface area contributed by atoms with Crippen LogP contribution >= 0.6 is 12.6 Å². The van der Waals surface area contributed by atoms with Crippen molar-refractivity contribution in [3.8, 4) is 0 Å². The van der Waals surface area contributed by atoms with E-state index in [-0.39, 0.29) is 62.0 Å². The molecule has 0 saturated carbocycles. The molecule has 55 valence electrons. The fourth-order valence-corrected chi connectivity index (χ4v) is 0.730. The van der Waals surface area contributed by atoms with Crippen LogP contribution in [0.4, 0.5) is 14.5 Å². The smallest absolute Gasteiger partial charge is 0.160 e. The van der Waals surface area contributed by atoms with Crippen LogP contribution in [0.15, 0.2) is 17.0 Å². The van der Waals surface area contributed by atoms with E-state index in [1.807, 2.05) is 0 Å². The molecule has 0 atom stereocenters. The van der Waals surface area contributed by atoms with Crippen molar-refractivity contribution in [3.63, 3.8) is 0 Å². The van der Waals surface area contributed by atoms with Crippen molar-refractivity contribution in [1.29, 1.82) is 0 Å². The average molecular weight is 200 g/mol. The predicted molar refractivity (Wildman–Crippen MR) is 43.8 cm³/mol. The molecule has 0 saturated heterocycles. The second-order valence-corrected chi connectivity index (χ2v) is 2.31. The molecule has 1 radical (unpaired) electrons. The van der Waals surface area contributed by atoms with Crippen molar-refractivity contribution in [2.45, 2.75) is 4.90 Å². The van der Waals surface area contributed by atoms with Crippen LogP contribution in [0.25, 0.3) is 0 Å². The third kappa shape index (κ3) is 3.00. The number of anilines is 1. The number of halogens is 2. The van der Waals surface area contributed by atoms with Crippen LogP contribution in [0, 0.1) is 11.6 Å². The van der Waals surface area contributed by atoms with Gasteiger partial charge < -0.3 is 5.73 Å². The minimum absolute atomic E-state index is 0. The van der Waals surface area contributed by atoms with Crippen molar-refractivity contribution in [2.24, 2.45) is 0 Å². The predicted octanol–water partition coefficient (Wildman–Crippen LogP) is 1.45. The van der Waals surface area contributed by atoms with Gasteiger partial charge in [0.05, 0.1) is 0 Å². The van der Waals surface area contributed by atoms with Gasteiger partial charge in [-0.3, -0.25) is 0 Å². The molecule has 0 unspecified atom stereocenters. The second kappa shape index (κ2) is 4.79. The zero-order valence-corrected chi connectivity index (χ0v) is 9.95. The van der Waals surface area contributed by atoms with Crippen LogP contribution in [-0.4, -0.2) is 51.4 Å². The SMILES string of the molecule is Nc1cc(F)c(F)cc1S.[K]. The van der Waals surface area contributed by atoms with Crippen molar-refractivity contribution in [3.05, 3.63) is 23.8 Å². The minimum Gasteiger partial charge on any atom is -0.398 e. The molecule has 0 aliphatic carbocycles. The normalized spacial score (nSPS) is 9.00. The molecule has 1 rings (SSSR count). The summed E-state index contributed by atoms with van der Waals surface area (Å²) < 4.78 is 24.6. The summed E-state index contributed by atoms with van der Waals surface area (Å²) in [6.45, 7) is 0. The van der Waals surface area contributed by atoms with Gasteiger partial charge in [-0.25, -0.2) is 8.78 Å². The zero-order valence-electron chi connectivity index (χ0n) is 5.94. The topological polar surface area (TPSA) is 26.0 Å². The van der Waals surface area contributed by atoms with Crippen LogP contribution in [0.1, 0.15) is 0 Å². The number of hydrogen-bond donors (Lipinski definition) is 2. The van der Waals surface area contributed by atoms with Gasteiger partial charge in [0.25, 0.3) is 0 Å². The quantitative estimate of drug-likeness (QED) is 0.370. The average Bonchev–Trinajstić information content (AvgIpc) is 1.84. The van der Waals surface area contributed by atoms with Crippen molar-refractivity contribution < 1.29 is 8.78 Å². The summed E-state index contributed by atoms with van der Waals surface area (Å²) in [5, 5.41) is 0. The Labute approximate surface area is 111 Å². The Kier molecular flexibility index (Phi) is 5.16. The van der Waals surface area contributed by atoms with E-state index < -0.39 is 11.6 Å². The zero-order chi connectivity index (χ0) is 7.72. The van der Waals surface area contributed by atoms with E-state index in [9.17, 15) is 8.78 Å². The Hall–Kier alpha value is 0.866. The summed E-state index contributed by atoms with van der Waals surface area (Å²) in [7, 11) is 0. The van der Waals surface area contributed by atoms with Gasteiger partial charge in [-0.1, -0.05) is 0 Å². The van der Waals surface area contributed by atoms with E-state index in [1.165, 1.54) is 0 Å². The Bertz CT molecular complexity index is 217. The van der Waals surface area contributed by atoms with Crippen molar-refractivity contribution >= 4 is 69.7 Å². The summed E-state index contributed by atoms with van der Waals surface area (Å²) in [5.74, 6) is -1.88. The van der Waals surface area contributed by atoms with Crippen LogP contribution in [0.2, 0.25) is 0 Å². The third-order valence-electron chi connectivity index (χ3n) is 1.07. The van der Waals surface area contributed by atoms with E-state index in [4.69, 9.17) is 5.73 Å². The van der Waals surface area contributed by atoms with Crippen LogP contribution in [0.3, 0.4) is 0 Å². The van der Waals surface area contributed by atoms with Crippen LogP contribution in [0.5, 0.6) is 0 Å². The molecule has 1 aromatic rings. The summed E-state index contributed by atoms with van der Waals surface area (Å²) in [5.41, 5.74) is 5.35. The van der Waals surface area contributed by atoms with Crippen molar-refractivity contribution in [2.75, 3.05) is 5.73 Å². The number of thiol groups is 1. The number of nitrogen functional groups attached to an aromatic ring is 1. The first-order valence-corrected chi connectivity index (χ1v) is 2.99. The molecule has 0 amide bonds. The third-order valence-corrected chi connectivity index (χ3v) is 1.46. The Morgan fingerprint density at radius 1 is 1.18 bits per heavy atom. The molecular formula is C6H5F2KNS. The maximum Gasteiger partial charge on any atom is 0.160 e. The molecule has 0 bridgehead atoms. The summed E-state index contributed by atoms with van der Waals surface area (Å²) in [4.78, 5) is 0.249. The number of benzene rings is 1. The van der Waals surface area contributed by atoms with E-state index >= 15 is 0 Å². The maximum atomic E-state index is 12.3. The summed E-state index contributed by atoms with van der Waals surface area (Å²) >= 11 is 3.78. The van der Waals surface area contributed by atoms with E-state index in [1.54, 1.807) is 0 Å². The first kappa shape index (κ1) is 11.9. The van der Waals surface area contributed by atoms with E-state index in [0.717, 1.165) is 12.1 Å². The van der Waals surface area contributed by atoms with Gasteiger partial charge >= 0.3 is 0 Å². The molecule has 0 aromatic heterocycles. The van der Waals surface area contributed by atoms with E-state index in [2.05, 4.69) is 12.6 Å². The molecule has 1 nitrogen and oxygen atoms in total. The molecule has 11 heavy (non-hydrogen) atoms. The van der Waals surface area contributed by atoms with Gasteiger partial charge in [0.15, 0.2) is 11.6 Å². The van der Waals surface area contributed by atoms with Gasteiger partial charge in [-0.15, -0.1) is 12.6 Å². The molecule has 1 aromatic carbocycles. The molecular weight excluding hydrogens is 195 g/mol. The number of nitrogens with two attached hydrogens (primary N) is 1. The van der Waals surface area contributed by atoms with Gasteiger partial charge in [0, 0.05) is 68.0 Å². The Balaban J connectivity index is 0.000001000. The molecule has 2 N–H and O–H groups in total. The molecule has 0 aliphatic rings. The Morgan fingerprint density at radius 3 is 2.09 bits per heavy atom. The monoisotopic (exact) mass is 200 g/mol. The van der Waals surface area contributed by atoms with E-state index in [0.29, 0.717) is 0 Å². The second-order valence-electron chi connectivity index (χ2n) is 1.83. The number of hydrogen-bond acceptors (Lipinski definition) is 2. The first-order valence-electron chi connectivity index (χ1n) is 2.54. The summed E-state index contributed by atoms with van der Waals surface area (Å²) in [6, 6.07) is 1.84. The van der Waals surface area contributed by atoms with Gasteiger partial charge in [-0.05, 0) is 6.07 Å². The minimum atomic E-state index is -0.949. The molecule has 0 fully saturated rings. The molecule has 0 aliphatic heterocycles. The Morgan fingerprint density at radius 2 is 1.64 bits per heavy atom. The van der Waals surface area contributed by atoms with Gasteiger partial charge in [-0.2, -0.15) is 0 Å².